The third-order valence-corrected chi connectivity index (χ3v) is 8.32. The minimum absolute atomic E-state index is 0.0542. The minimum atomic E-state index is -1.49. The summed E-state index contributed by atoms with van der Waals surface area (Å²) in [5.41, 5.74) is -0.0488. The van der Waals surface area contributed by atoms with Gasteiger partial charge in [-0.25, -0.2) is 4.79 Å². The smallest absolute Gasteiger partial charge is 0.410 e. The predicted octanol–water partition coefficient (Wildman–Crippen LogP) is 3.70. The van der Waals surface area contributed by atoms with Gasteiger partial charge in [-0.2, -0.15) is 4.39 Å². The number of thiophene rings is 1. The van der Waals surface area contributed by atoms with Gasteiger partial charge in [-0.15, -0.1) is 11.3 Å². The van der Waals surface area contributed by atoms with Crippen molar-refractivity contribution in [2.45, 2.75) is 38.4 Å². The molecular formula is C29H28FN5O6S. The highest BCUT2D eigenvalue weighted by molar-refractivity contribution is 7.10. The first-order valence-electron chi connectivity index (χ1n) is 13.1. The monoisotopic (exact) mass is 593 g/mol. The number of amides is 4. The van der Waals surface area contributed by atoms with Gasteiger partial charge < -0.3 is 25.4 Å². The first-order valence-corrected chi connectivity index (χ1v) is 13.9. The molecule has 1 saturated heterocycles. The van der Waals surface area contributed by atoms with Crippen LogP contribution in [0.2, 0.25) is 0 Å². The summed E-state index contributed by atoms with van der Waals surface area (Å²) in [4.78, 5) is 51.7. The highest BCUT2D eigenvalue weighted by Crippen LogP contribution is 2.59. The number of ether oxygens (including phenoxy) is 1. The lowest BCUT2D eigenvalue weighted by molar-refractivity contribution is -0.139. The van der Waals surface area contributed by atoms with E-state index in [1.165, 1.54) is 11.0 Å². The average Bonchev–Trinajstić information content (AvgIpc) is 3.30. The van der Waals surface area contributed by atoms with Crippen LogP contribution in [0.4, 0.5) is 9.18 Å². The second-order valence-electron chi connectivity index (χ2n) is 10.4. The Balaban J connectivity index is 1.16. The van der Waals surface area contributed by atoms with Gasteiger partial charge in [-0.1, -0.05) is 25.1 Å². The van der Waals surface area contributed by atoms with Crippen LogP contribution in [-0.4, -0.2) is 58.3 Å². The summed E-state index contributed by atoms with van der Waals surface area (Å²) < 4.78 is 20.0. The first kappa shape index (κ1) is 28.7. The van der Waals surface area contributed by atoms with E-state index in [1.807, 2.05) is 37.3 Å². The Hall–Kier alpha value is -4.78. The van der Waals surface area contributed by atoms with Crippen LogP contribution in [0.15, 0.2) is 60.7 Å². The number of carbonyl (C=O) groups excluding carboxylic acids is 3. The zero-order valence-corrected chi connectivity index (χ0v) is 23.3. The van der Waals surface area contributed by atoms with Crippen molar-refractivity contribution in [2.24, 2.45) is 5.41 Å². The number of likely N-dealkylation sites (tertiary alicyclic amines) is 1. The molecule has 218 valence electrons. The van der Waals surface area contributed by atoms with E-state index in [2.05, 4.69) is 10.6 Å². The lowest BCUT2D eigenvalue weighted by atomic mass is 10.0. The van der Waals surface area contributed by atoms with E-state index < -0.39 is 34.9 Å². The third kappa shape index (κ3) is 6.25. The number of hydrogen-bond acceptors (Lipinski definition) is 7. The topological polar surface area (TPSA) is 161 Å². The molecule has 0 unspecified atom stereocenters. The second kappa shape index (κ2) is 11.6. The van der Waals surface area contributed by atoms with Gasteiger partial charge in [-0.05, 0) is 60.7 Å². The molecule has 3 aromatic rings. The van der Waals surface area contributed by atoms with Gasteiger partial charge in [-0.3, -0.25) is 25.1 Å². The number of nitrogens with zero attached hydrogens (tertiary/aromatic N) is 1. The number of amidine groups is 1. The molecule has 1 aromatic heterocycles. The summed E-state index contributed by atoms with van der Waals surface area (Å²) in [6.07, 6.45) is -0.262. The number of benzene rings is 2. The molecule has 2 heterocycles. The Morgan fingerprint density at radius 1 is 1.07 bits per heavy atom. The maximum atomic E-state index is 14.2. The SMILES string of the molecule is C[C@@]12C[C@@H]1N(C(=O)CNC(=O)c1ccc(Oc3ccccc3)cc1)[C@H](C(=O)NCc1cc(C(=N)NC(=O)O)c(F)s1)C2. The molecule has 0 radical (unpaired) electrons. The summed E-state index contributed by atoms with van der Waals surface area (Å²) >= 11 is 0.689. The molecule has 2 aliphatic rings. The molecule has 11 nitrogen and oxygen atoms in total. The van der Waals surface area contributed by atoms with Crippen molar-refractivity contribution in [3.05, 3.63) is 81.8 Å². The highest BCUT2D eigenvalue weighted by Gasteiger charge is 2.64. The van der Waals surface area contributed by atoms with Crippen molar-refractivity contribution in [2.75, 3.05) is 6.54 Å². The Labute approximate surface area is 244 Å². The fourth-order valence-electron chi connectivity index (χ4n) is 5.15. The molecule has 5 N–H and O–H groups in total. The molecule has 5 rings (SSSR count). The Morgan fingerprint density at radius 3 is 2.45 bits per heavy atom. The van der Waals surface area contributed by atoms with E-state index >= 15 is 0 Å². The summed E-state index contributed by atoms with van der Waals surface area (Å²) in [6.45, 7) is 1.67. The van der Waals surface area contributed by atoms with Crippen molar-refractivity contribution in [3.8, 4) is 11.5 Å². The number of hydrogen-bond donors (Lipinski definition) is 5. The van der Waals surface area contributed by atoms with E-state index in [-0.39, 0.29) is 36.0 Å². The second-order valence-corrected chi connectivity index (χ2v) is 11.5. The van der Waals surface area contributed by atoms with Crippen molar-refractivity contribution >= 4 is 41.0 Å². The van der Waals surface area contributed by atoms with Crippen LogP contribution in [0.5, 0.6) is 11.5 Å². The quantitative estimate of drug-likeness (QED) is 0.188. The number of rotatable bonds is 9. The minimum Gasteiger partial charge on any atom is -0.465 e. The Morgan fingerprint density at radius 2 is 1.76 bits per heavy atom. The summed E-state index contributed by atoms with van der Waals surface area (Å²) in [5, 5.41) is 22.8. The predicted molar refractivity (Wildman–Crippen MR) is 151 cm³/mol. The van der Waals surface area contributed by atoms with Gasteiger partial charge in [0.15, 0.2) is 5.13 Å². The van der Waals surface area contributed by atoms with Gasteiger partial charge in [0.1, 0.15) is 23.4 Å². The molecule has 1 aliphatic carbocycles. The fourth-order valence-corrected chi connectivity index (χ4v) is 5.97. The molecule has 2 aromatic carbocycles. The van der Waals surface area contributed by atoms with E-state index in [9.17, 15) is 23.6 Å². The van der Waals surface area contributed by atoms with Gasteiger partial charge in [0, 0.05) is 16.5 Å². The highest BCUT2D eigenvalue weighted by atomic mass is 32.1. The van der Waals surface area contributed by atoms with Crippen LogP contribution >= 0.6 is 11.3 Å². The number of carboxylic acid groups (broad SMARTS) is 1. The van der Waals surface area contributed by atoms with Gasteiger partial charge >= 0.3 is 6.09 Å². The molecule has 1 aliphatic heterocycles. The van der Waals surface area contributed by atoms with Crippen LogP contribution in [0.1, 0.15) is 40.6 Å². The molecule has 13 heteroatoms. The van der Waals surface area contributed by atoms with Gasteiger partial charge in [0.05, 0.1) is 18.7 Å². The summed E-state index contributed by atoms with van der Waals surface area (Å²) in [6, 6.07) is 16.2. The maximum Gasteiger partial charge on any atom is 0.410 e. The van der Waals surface area contributed by atoms with Crippen LogP contribution in [0, 0.1) is 16.0 Å². The van der Waals surface area contributed by atoms with E-state index in [4.69, 9.17) is 15.3 Å². The molecule has 2 fully saturated rings. The lowest BCUT2D eigenvalue weighted by Gasteiger charge is -2.27. The zero-order chi connectivity index (χ0) is 30.0. The molecule has 1 saturated carbocycles. The molecule has 0 bridgehead atoms. The standard InChI is InChI=1S/C29H28FN5O6S/c1-29-12-21(27(38)32-14-19-11-20(24(30)42-19)25(31)34-28(39)40)35(22(29)13-29)23(36)15-33-26(37)16-7-9-18(10-8-16)41-17-5-3-2-4-6-17/h2-11,21-22H,12-15H2,1H3,(H2,31,34)(H,32,38)(H,33,37)(H,39,40)/t21-,22-,29+/m0/s1. The fraction of sp³-hybridized carbons (Fsp3) is 0.276. The van der Waals surface area contributed by atoms with Crippen LogP contribution < -0.4 is 20.7 Å². The number of para-hydroxylation sites is 1. The molecule has 42 heavy (non-hydrogen) atoms. The van der Waals surface area contributed by atoms with Crippen molar-refractivity contribution < 1.29 is 33.4 Å². The number of fused-ring (bicyclic) bond motifs is 1. The number of halogens is 1. The van der Waals surface area contributed by atoms with Gasteiger partial charge in [0.25, 0.3) is 5.91 Å². The lowest BCUT2D eigenvalue weighted by Crippen LogP contribution is -2.50. The van der Waals surface area contributed by atoms with Crippen molar-refractivity contribution in [1.29, 1.82) is 5.41 Å². The van der Waals surface area contributed by atoms with Crippen LogP contribution in [-0.2, 0) is 16.1 Å². The number of carbonyl (C=O) groups is 4. The van der Waals surface area contributed by atoms with Crippen molar-refractivity contribution in [3.63, 3.8) is 0 Å². The zero-order valence-electron chi connectivity index (χ0n) is 22.5. The summed E-state index contributed by atoms with van der Waals surface area (Å²) in [7, 11) is 0. The molecule has 0 spiro atoms. The number of piperidine rings is 1. The molecule has 3 atom stereocenters. The normalized spacial score (nSPS) is 20.3. The molecular weight excluding hydrogens is 565 g/mol. The first-order chi connectivity index (χ1) is 20.0. The third-order valence-electron chi connectivity index (χ3n) is 7.40. The van der Waals surface area contributed by atoms with Crippen LogP contribution in [0.3, 0.4) is 0 Å². The van der Waals surface area contributed by atoms with E-state index in [1.54, 1.807) is 29.6 Å². The van der Waals surface area contributed by atoms with Crippen molar-refractivity contribution in [1.82, 2.24) is 20.9 Å². The number of nitrogens with one attached hydrogen (secondary N) is 4. The maximum absolute atomic E-state index is 14.2. The Bertz CT molecular complexity index is 1550. The van der Waals surface area contributed by atoms with Gasteiger partial charge in [0.2, 0.25) is 11.8 Å². The van der Waals surface area contributed by atoms with E-state index in [0.29, 0.717) is 39.7 Å². The molecule has 4 amide bonds. The summed E-state index contributed by atoms with van der Waals surface area (Å²) in [5.74, 6) is -0.607. The van der Waals surface area contributed by atoms with Crippen LogP contribution in [0.25, 0.3) is 0 Å². The average molecular weight is 594 g/mol. The Kier molecular flexibility index (Phi) is 7.94. The largest absolute Gasteiger partial charge is 0.465 e. The van der Waals surface area contributed by atoms with E-state index in [0.717, 1.165) is 6.42 Å².